The van der Waals surface area contributed by atoms with Gasteiger partial charge in [-0.2, -0.15) is 0 Å². The highest BCUT2D eigenvalue weighted by Crippen LogP contribution is 2.26. The molecule has 0 aliphatic heterocycles. The second-order valence-electron chi connectivity index (χ2n) is 6.61. The van der Waals surface area contributed by atoms with E-state index < -0.39 is 0 Å². The van der Waals surface area contributed by atoms with Gasteiger partial charge in [0.2, 0.25) is 0 Å². The summed E-state index contributed by atoms with van der Waals surface area (Å²) in [6.07, 6.45) is 10.9. The molecular weight excluding hydrogens is 232 g/mol. The SMILES string of the molecule is CCCNC(CC)CCCN(C)C1CCCC(C)C1. The van der Waals surface area contributed by atoms with E-state index in [4.69, 9.17) is 0 Å². The number of hydrogen-bond donors (Lipinski definition) is 1. The van der Waals surface area contributed by atoms with Crippen LogP contribution < -0.4 is 5.32 Å². The zero-order valence-electron chi connectivity index (χ0n) is 13.8. The maximum absolute atomic E-state index is 3.66. The van der Waals surface area contributed by atoms with E-state index in [2.05, 4.69) is 38.0 Å². The van der Waals surface area contributed by atoms with Gasteiger partial charge in [-0.25, -0.2) is 0 Å². The van der Waals surface area contributed by atoms with Gasteiger partial charge < -0.3 is 10.2 Å². The van der Waals surface area contributed by atoms with Crippen LogP contribution in [0.2, 0.25) is 0 Å². The fraction of sp³-hybridized carbons (Fsp3) is 1.00. The second-order valence-corrected chi connectivity index (χ2v) is 6.61. The lowest BCUT2D eigenvalue weighted by Crippen LogP contribution is -2.37. The van der Waals surface area contributed by atoms with Crippen molar-refractivity contribution < 1.29 is 0 Å². The summed E-state index contributed by atoms with van der Waals surface area (Å²) < 4.78 is 0. The average Bonchev–Trinajstić information content (AvgIpc) is 2.42. The average molecular weight is 268 g/mol. The quantitative estimate of drug-likeness (QED) is 0.678. The molecule has 114 valence electrons. The van der Waals surface area contributed by atoms with Crippen LogP contribution in [-0.2, 0) is 0 Å². The lowest BCUT2D eigenvalue weighted by Gasteiger charge is -2.34. The summed E-state index contributed by atoms with van der Waals surface area (Å²) in [5, 5.41) is 3.66. The molecule has 0 aromatic carbocycles. The van der Waals surface area contributed by atoms with E-state index in [1.54, 1.807) is 0 Å². The van der Waals surface area contributed by atoms with Gasteiger partial charge in [0.15, 0.2) is 0 Å². The Balaban J connectivity index is 2.16. The molecule has 1 fully saturated rings. The van der Waals surface area contributed by atoms with Crippen molar-refractivity contribution in [1.82, 2.24) is 10.2 Å². The lowest BCUT2D eigenvalue weighted by molar-refractivity contribution is 0.160. The highest BCUT2D eigenvalue weighted by molar-refractivity contribution is 4.77. The molecule has 1 saturated carbocycles. The van der Waals surface area contributed by atoms with Crippen molar-refractivity contribution in [2.45, 2.75) is 84.2 Å². The van der Waals surface area contributed by atoms with Gasteiger partial charge >= 0.3 is 0 Å². The molecule has 0 heterocycles. The van der Waals surface area contributed by atoms with Crippen molar-refractivity contribution in [1.29, 1.82) is 0 Å². The van der Waals surface area contributed by atoms with E-state index >= 15 is 0 Å². The summed E-state index contributed by atoms with van der Waals surface area (Å²) >= 11 is 0. The summed E-state index contributed by atoms with van der Waals surface area (Å²) in [4.78, 5) is 2.63. The van der Waals surface area contributed by atoms with Crippen LogP contribution >= 0.6 is 0 Å². The molecule has 1 aliphatic rings. The molecule has 1 aliphatic carbocycles. The maximum Gasteiger partial charge on any atom is 0.00947 e. The number of hydrogen-bond acceptors (Lipinski definition) is 2. The standard InChI is InChI=1S/C17H36N2/c1-5-12-18-16(6-2)10-8-13-19(4)17-11-7-9-15(3)14-17/h15-18H,5-14H2,1-4H3. The minimum atomic E-state index is 0.735. The van der Waals surface area contributed by atoms with Crippen LogP contribution in [0.25, 0.3) is 0 Å². The monoisotopic (exact) mass is 268 g/mol. The molecule has 1 rings (SSSR count). The number of nitrogens with one attached hydrogen (secondary N) is 1. The van der Waals surface area contributed by atoms with Crippen LogP contribution in [0, 0.1) is 5.92 Å². The molecule has 3 unspecified atom stereocenters. The molecule has 0 spiro atoms. The van der Waals surface area contributed by atoms with Crippen molar-refractivity contribution in [2.24, 2.45) is 5.92 Å². The zero-order valence-corrected chi connectivity index (χ0v) is 13.8. The molecular formula is C17H36N2. The predicted molar refractivity (Wildman–Crippen MR) is 85.7 cm³/mol. The first-order valence-electron chi connectivity index (χ1n) is 8.60. The molecule has 0 saturated heterocycles. The highest BCUT2D eigenvalue weighted by atomic mass is 15.1. The smallest absolute Gasteiger partial charge is 0.00947 e. The second kappa shape index (κ2) is 9.77. The van der Waals surface area contributed by atoms with Gasteiger partial charge in [-0.15, -0.1) is 0 Å². The Morgan fingerprint density at radius 1 is 1.26 bits per heavy atom. The van der Waals surface area contributed by atoms with Gasteiger partial charge in [0.25, 0.3) is 0 Å². The molecule has 19 heavy (non-hydrogen) atoms. The minimum Gasteiger partial charge on any atom is -0.314 e. The fourth-order valence-electron chi connectivity index (χ4n) is 3.37. The molecule has 1 N–H and O–H groups in total. The van der Waals surface area contributed by atoms with Crippen LogP contribution in [0.5, 0.6) is 0 Å². The normalized spacial score (nSPS) is 25.7. The molecule has 2 nitrogen and oxygen atoms in total. The molecule has 0 aromatic heterocycles. The van der Waals surface area contributed by atoms with Crippen LogP contribution in [0.3, 0.4) is 0 Å². The molecule has 2 heteroatoms. The highest BCUT2D eigenvalue weighted by Gasteiger charge is 2.21. The maximum atomic E-state index is 3.66. The van der Waals surface area contributed by atoms with Gasteiger partial charge in [0.1, 0.15) is 0 Å². The largest absolute Gasteiger partial charge is 0.314 e. The predicted octanol–water partition coefficient (Wildman–Crippen LogP) is 4.06. The third-order valence-corrected chi connectivity index (χ3v) is 4.77. The Hall–Kier alpha value is -0.0800. The first kappa shape index (κ1) is 17.0. The summed E-state index contributed by atoms with van der Waals surface area (Å²) in [6, 6.07) is 1.59. The first-order valence-corrected chi connectivity index (χ1v) is 8.60. The van der Waals surface area contributed by atoms with Crippen LogP contribution in [0.15, 0.2) is 0 Å². The number of nitrogens with zero attached hydrogens (tertiary/aromatic N) is 1. The third-order valence-electron chi connectivity index (χ3n) is 4.77. The minimum absolute atomic E-state index is 0.735. The van der Waals surface area contributed by atoms with Crippen molar-refractivity contribution in [3.8, 4) is 0 Å². The van der Waals surface area contributed by atoms with Gasteiger partial charge in [-0.1, -0.05) is 33.6 Å². The van der Waals surface area contributed by atoms with E-state index in [-0.39, 0.29) is 0 Å². The van der Waals surface area contributed by atoms with Crippen LogP contribution in [-0.4, -0.2) is 37.1 Å². The number of rotatable bonds is 9. The van der Waals surface area contributed by atoms with Crippen LogP contribution in [0.4, 0.5) is 0 Å². The van der Waals surface area contributed by atoms with Gasteiger partial charge in [0.05, 0.1) is 0 Å². The summed E-state index contributed by atoms with van der Waals surface area (Å²) in [7, 11) is 2.34. The molecule has 3 atom stereocenters. The third kappa shape index (κ3) is 6.76. The van der Waals surface area contributed by atoms with E-state index in [9.17, 15) is 0 Å². The van der Waals surface area contributed by atoms with Crippen molar-refractivity contribution in [2.75, 3.05) is 20.1 Å². The fourth-order valence-corrected chi connectivity index (χ4v) is 3.37. The molecule has 0 amide bonds. The van der Waals surface area contributed by atoms with Crippen molar-refractivity contribution in [3.63, 3.8) is 0 Å². The van der Waals surface area contributed by atoms with Crippen LogP contribution in [0.1, 0.15) is 72.1 Å². The van der Waals surface area contributed by atoms with Gasteiger partial charge in [-0.05, 0) is 64.6 Å². The van der Waals surface area contributed by atoms with E-state index in [1.807, 2.05) is 0 Å². The molecule has 0 aromatic rings. The van der Waals surface area contributed by atoms with E-state index in [0.29, 0.717) is 0 Å². The van der Waals surface area contributed by atoms with Crippen molar-refractivity contribution >= 4 is 0 Å². The summed E-state index contributed by atoms with van der Waals surface area (Å²) in [5.74, 6) is 0.941. The van der Waals surface area contributed by atoms with E-state index in [0.717, 1.165) is 18.0 Å². The van der Waals surface area contributed by atoms with Gasteiger partial charge in [-0.3, -0.25) is 0 Å². The summed E-state index contributed by atoms with van der Waals surface area (Å²) in [6.45, 7) is 9.43. The topological polar surface area (TPSA) is 15.3 Å². The Labute approximate surface area is 121 Å². The first-order chi connectivity index (χ1) is 9.17. The van der Waals surface area contributed by atoms with E-state index in [1.165, 1.54) is 64.5 Å². The Morgan fingerprint density at radius 3 is 2.68 bits per heavy atom. The Bertz CT molecular complexity index is 217. The zero-order chi connectivity index (χ0) is 14.1. The molecule has 0 radical (unpaired) electrons. The summed E-state index contributed by atoms with van der Waals surface area (Å²) in [5.41, 5.74) is 0. The molecule has 0 bridgehead atoms. The lowest BCUT2D eigenvalue weighted by atomic mass is 9.86. The van der Waals surface area contributed by atoms with Crippen molar-refractivity contribution in [3.05, 3.63) is 0 Å². The Morgan fingerprint density at radius 2 is 2.05 bits per heavy atom. The Kier molecular flexibility index (Phi) is 8.72. The van der Waals surface area contributed by atoms with Gasteiger partial charge in [0, 0.05) is 12.1 Å².